The lowest BCUT2D eigenvalue weighted by molar-refractivity contribution is 0.0661. The molecule has 0 unspecified atom stereocenters. The van der Waals surface area contributed by atoms with Crippen molar-refractivity contribution in [2.45, 2.75) is 45.1 Å². The molecule has 7 heteroatoms. The van der Waals surface area contributed by atoms with E-state index in [1.807, 2.05) is 43.3 Å². The van der Waals surface area contributed by atoms with Gasteiger partial charge in [0.05, 0.1) is 5.69 Å². The summed E-state index contributed by atoms with van der Waals surface area (Å²) >= 11 is 0. The monoisotopic (exact) mass is 379 g/mol. The molecule has 3 aromatic heterocycles. The minimum atomic E-state index is -0.0867. The van der Waals surface area contributed by atoms with Crippen molar-refractivity contribution >= 4 is 5.91 Å². The number of aromatic nitrogens is 4. The van der Waals surface area contributed by atoms with Gasteiger partial charge in [-0.05, 0) is 36.5 Å². The van der Waals surface area contributed by atoms with Gasteiger partial charge in [-0.25, -0.2) is 4.98 Å². The van der Waals surface area contributed by atoms with Crippen LogP contribution >= 0.6 is 0 Å². The van der Waals surface area contributed by atoms with Crippen molar-refractivity contribution in [3.8, 4) is 0 Å². The maximum Gasteiger partial charge on any atom is 0.292 e. The van der Waals surface area contributed by atoms with Crippen molar-refractivity contribution in [2.24, 2.45) is 0 Å². The first kappa shape index (κ1) is 18.4. The van der Waals surface area contributed by atoms with E-state index in [1.54, 1.807) is 18.5 Å². The third-order valence-electron chi connectivity index (χ3n) is 5.25. The van der Waals surface area contributed by atoms with Gasteiger partial charge in [-0.1, -0.05) is 19.0 Å². The number of piperidine rings is 1. The van der Waals surface area contributed by atoms with Crippen LogP contribution in [-0.4, -0.2) is 43.6 Å². The van der Waals surface area contributed by atoms with Crippen molar-refractivity contribution in [2.75, 3.05) is 13.1 Å². The van der Waals surface area contributed by atoms with Crippen molar-refractivity contribution in [3.05, 3.63) is 65.8 Å². The zero-order valence-electron chi connectivity index (χ0n) is 16.3. The molecule has 1 atom stereocenters. The summed E-state index contributed by atoms with van der Waals surface area (Å²) in [6.45, 7) is 6.20. The number of likely N-dealkylation sites (tertiary alicyclic amines) is 1. The van der Waals surface area contributed by atoms with Gasteiger partial charge in [0.2, 0.25) is 5.76 Å². The maximum absolute atomic E-state index is 12.9. The van der Waals surface area contributed by atoms with Crippen LogP contribution in [0.4, 0.5) is 0 Å². The average Bonchev–Trinajstić information content (AvgIpc) is 3.38. The third-order valence-corrected chi connectivity index (χ3v) is 5.25. The molecular weight excluding hydrogens is 354 g/mol. The highest BCUT2D eigenvalue weighted by Crippen LogP contribution is 2.27. The van der Waals surface area contributed by atoms with Crippen molar-refractivity contribution in [1.29, 1.82) is 0 Å². The molecule has 0 saturated carbocycles. The van der Waals surface area contributed by atoms with E-state index >= 15 is 0 Å². The van der Waals surface area contributed by atoms with Crippen LogP contribution in [0.3, 0.4) is 0 Å². The van der Waals surface area contributed by atoms with Crippen LogP contribution in [0, 0.1) is 0 Å². The highest BCUT2D eigenvalue weighted by Gasteiger charge is 2.30. The number of carbonyl (C=O) groups is 1. The van der Waals surface area contributed by atoms with Crippen LogP contribution in [0.2, 0.25) is 0 Å². The number of hydrogen-bond acceptors (Lipinski definition) is 5. The van der Waals surface area contributed by atoms with Crippen molar-refractivity contribution in [1.82, 2.24) is 24.6 Å². The number of pyridine rings is 1. The van der Waals surface area contributed by atoms with Gasteiger partial charge in [0.25, 0.3) is 5.91 Å². The molecule has 0 spiro atoms. The summed E-state index contributed by atoms with van der Waals surface area (Å²) in [4.78, 5) is 23.4. The smallest absolute Gasteiger partial charge is 0.292 e. The molecule has 0 aromatic carbocycles. The lowest BCUT2D eigenvalue weighted by Gasteiger charge is -2.32. The molecule has 28 heavy (non-hydrogen) atoms. The Hall–Kier alpha value is -2.96. The van der Waals surface area contributed by atoms with Crippen molar-refractivity contribution < 1.29 is 9.32 Å². The van der Waals surface area contributed by atoms with E-state index in [-0.39, 0.29) is 17.7 Å². The van der Waals surface area contributed by atoms with E-state index in [9.17, 15) is 4.79 Å². The molecule has 7 nitrogen and oxygen atoms in total. The Balaban J connectivity index is 1.48. The standard InChI is InChI=1S/C21H25N5O2/c1-15(2)18-12-19(28-24-18)21(27)26-10-3-4-17(14-26)20-23-9-11-25(20)13-16-5-7-22-8-6-16/h5-9,11-12,15,17H,3-4,10,13-14H2,1-2H3/t17-/m0/s1. The molecule has 0 N–H and O–H groups in total. The van der Waals surface area contributed by atoms with Crippen LogP contribution < -0.4 is 0 Å². The van der Waals surface area contributed by atoms with Crippen LogP contribution in [0.1, 0.15) is 66.2 Å². The second-order valence-corrected chi connectivity index (χ2v) is 7.63. The Labute approximate surface area is 164 Å². The number of carbonyl (C=O) groups excluding carboxylic acids is 1. The fraction of sp³-hybridized carbons (Fsp3) is 0.429. The van der Waals surface area contributed by atoms with Gasteiger partial charge < -0.3 is 14.0 Å². The quantitative estimate of drug-likeness (QED) is 0.678. The first-order chi connectivity index (χ1) is 13.6. The van der Waals surface area contributed by atoms with Gasteiger partial charge in [0.15, 0.2) is 0 Å². The molecular formula is C21H25N5O2. The highest BCUT2D eigenvalue weighted by molar-refractivity contribution is 5.91. The summed E-state index contributed by atoms with van der Waals surface area (Å²) < 4.78 is 7.47. The molecule has 146 valence electrons. The Kier molecular flexibility index (Phi) is 5.23. The largest absolute Gasteiger partial charge is 0.351 e. The fourth-order valence-corrected chi connectivity index (χ4v) is 3.69. The summed E-state index contributed by atoms with van der Waals surface area (Å²) in [5.41, 5.74) is 1.99. The van der Waals surface area contributed by atoms with Gasteiger partial charge in [0, 0.05) is 56.4 Å². The summed E-state index contributed by atoms with van der Waals surface area (Å²) in [7, 11) is 0. The second kappa shape index (κ2) is 7.96. The van der Waals surface area contributed by atoms with Gasteiger partial charge in [0.1, 0.15) is 5.82 Å². The first-order valence-corrected chi connectivity index (χ1v) is 9.77. The minimum absolute atomic E-state index is 0.0867. The number of nitrogens with zero attached hydrogens (tertiary/aromatic N) is 5. The Morgan fingerprint density at radius 2 is 2.11 bits per heavy atom. The highest BCUT2D eigenvalue weighted by atomic mass is 16.5. The number of imidazole rings is 1. The number of hydrogen-bond donors (Lipinski definition) is 0. The van der Waals surface area contributed by atoms with Crippen LogP contribution in [0.25, 0.3) is 0 Å². The third kappa shape index (κ3) is 3.83. The molecule has 0 bridgehead atoms. The molecule has 1 aliphatic heterocycles. The number of rotatable bonds is 5. The summed E-state index contributed by atoms with van der Waals surface area (Å²) in [5, 5.41) is 4.02. The van der Waals surface area contributed by atoms with Crippen molar-refractivity contribution in [3.63, 3.8) is 0 Å². The van der Waals surface area contributed by atoms with Gasteiger partial charge >= 0.3 is 0 Å². The Bertz CT molecular complexity index is 931. The predicted octanol–water partition coefficient (Wildman–Crippen LogP) is 3.46. The molecule has 1 fully saturated rings. The summed E-state index contributed by atoms with van der Waals surface area (Å²) in [6, 6.07) is 5.79. The van der Waals surface area contributed by atoms with E-state index in [0.717, 1.165) is 37.4 Å². The SMILES string of the molecule is CC(C)c1cc(C(=O)N2CCC[C@H](c3nccn3Cc3ccncc3)C2)on1. The van der Waals surface area contributed by atoms with Crippen LogP contribution in [-0.2, 0) is 6.54 Å². The molecule has 1 aliphatic rings. The van der Waals surface area contributed by atoms with Gasteiger partial charge in [-0.3, -0.25) is 9.78 Å². The minimum Gasteiger partial charge on any atom is -0.351 e. The van der Waals surface area contributed by atoms with E-state index in [1.165, 1.54) is 5.56 Å². The Morgan fingerprint density at radius 3 is 2.86 bits per heavy atom. The lowest BCUT2D eigenvalue weighted by Crippen LogP contribution is -2.39. The fourth-order valence-electron chi connectivity index (χ4n) is 3.69. The second-order valence-electron chi connectivity index (χ2n) is 7.63. The first-order valence-electron chi connectivity index (χ1n) is 9.77. The molecule has 1 saturated heterocycles. The summed E-state index contributed by atoms with van der Waals surface area (Å²) in [6.07, 6.45) is 9.41. The normalized spacial score (nSPS) is 17.2. The van der Waals surface area contributed by atoms with E-state index in [4.69, 9.17) is 4.52 Å². The van der Waals surface area contributed by atoms with E-state index in [2.05, 4.69) is 19.7 Å². The molecule has 3 aromatic rings. The zero-order valence-corrected chi connectivity index (χ0v) is 16.3. The zero-order chi connectivity index (χ0) is 19.5. The Morgan fingerprint density at radius 1 is 1.29 bits per heavy atom. The van der Waals surface area contributed by atoms with E-state index < -0.39 is 0 Å². The lowest BCUT2D eigenvalue weighted by atomic mass is 9.96. The van der Waals surface area contributed by atoms with Gasteiger partial charge in [-0.2, -0.15) is 0 Å². The molecule has 1 amide bonds. The molecule has 0 aliphatic carbocycles. The van der Waals surface area contributed by atoms with Gasteiger partial charge in [-0.15, -0.1) is 0 Å². The maximum atomic E-state index is 12.9. The van der Waals surface area contributed by atoms with E-state index in [0.29, 0.717) is 12.3 Å². The topological polar surface area (TPSA) is 77.0 Å². The molecule has 4 heterocycles. The average molecular weight is 379 g/mol. The summed E-state index contributed by atoms with van der Waals surface area (Å²) in [5.74, 6) is 1.71. The molecule has 0 radical (unpaired) electrons. The van der Waals surface area contributed by atoms with Crippen LogP contribution in [0.5, 0.6) is 0 Å². The predicted molar refractivity (Wildman–Crippen MR) is 104 cm³/mol. The number of amides is 1. The molecule has 4 rings (SSSR count). The van der Waals surface area contributed by atoms with Crippen LogP contribution in [0.15, 0.2) is 47.5 Å².